The zero-order valence-corrected chi connectivity index (χ0v) is 14.4. The van der Waals surface area contributed by atoms with Crippen LogP contribution in [-0.4, -0.2) is 16.1 Å². The molecule has 1 aromatic heterocycles. The number of nitrogens with two attached hydrogens (primary N) is 1. The van der Waals surface area contributed by atoms with Crippen LogP contribution < -0.4 is 5.73 Å². The first-order valence-corrected chi connectivity index (χ1v) is 8.57. The van der Waals surface area contributed by atoms with Gasteiger partial charge < -0.3 is 5.73 Å². The van der Waals surface area contributed by atoms with Crippen molar-refractivity contribution in [2.75, 3.05) is 0 Å². The number of carbonyl (C=O) groups is 1. The molecule has 0 saturated carbocycles. The number of rotatable bonds is 4. The maximum Gasteiger partial charge on any atom is 0.229 e. The molecule has 0 aliphatic heterocycles. The topological polar surface area (TPSA) is 68.9 Å². The molecule has 2 aromatic rings. The Balaban J connectivity index is 2.22. The first kappa shape index (κ1) is 17.5. The summed E-state index contributed by atoms with van der Waals surface area (Å²) in [6.07, 6.45) is 2.77. The molecule has 4 nitrogen and oxygen atoms in total. The van der Waals surface area contributed by atoms with Gasteiger partial charge in [0.15, 0.2) is 0 Å². The monoisotopic (exact) mass is 345 g/mol. The molecule has 1 heterocycles. The van der Waals surface area contributed by atoms with Crippen LogP contribution in [0.2, 0.25) is 0 Å². The summed E-state index contributed by atoms with van der Waals surface area (Å²) in [5.74, 6) is -1.63. The number of aromatic nitrogens is 2. The minimum atomic E-state index is -0.861. The highest BCUT2D eigenvalue weighted by atomic mass is 19.1. The maximum absolute atomic E-state index is 14.1. The largest absolute Gasteiger partial charge is 0.369 e. The van der Waals surface area contributed by atoms with Gasteiger partial charge in [0.1, 0.15) is 11.6 Å². The fourth-order valence-electron chi connectivity index (χ4n) is 3.83. The number of carbonyl (C=O) groups excluding carboxylic acids is 1. The quantitative estimate of drug-likeness (QED) is 0.915. The van der Waals surface area contributed by atoms with Gasteiger partial charge >= 0.3 is 0 Å². The highest BCUT2D eigenvalue weighted by molar-refractivity contribution is 5.87. The van der Waals surface area contributed by atoms with Crippen LogP contribution in [0, 0.1) is 11.6 Å². The lowest BCUT2D eigenvalue weighted by molar-refractivity contribution is -0.124. The summed E-state index contributed by atoms with van der Waals surface area (Å²) in [6.45, 7) is 3.94. The van der Waals surface area contributed by atoms with Gasteiger partial charge in [0, 0.05) is 0 Å². The summed E-state index contributed by atoms with van der Waals surface area (Å²) in [5, 5.41) is 8.28. The number of amides is 1. The van der Waals surface area contributed by atoms with Crippen molar-refractivity contribution in [2.24, 2.45) is 5.73 Å². The SMILES string of the molecule is CC[C@H]1CC[C@](CC)(C(N)=O)c2nnc(-c3c(F)cccc3F)cc21. The average molecular weight is 345 g/mol. The van der Waals surface area contributed by atoms with Gasteiger partial charge in [-0.3, -0.25) is 4.79 Å². The summed E-state index contributed by atoms with van der Waals surface area (Å²) < 4.78 is 28.2. The van der Waals surface area contributed by atoms with Gasteiger partial charge in [0.05, 0.1) is 22.4 Å². The van der Waals surface area contributed by atoms with Gasteiger partial charge in [-0.1, -0.05) is 19.9 Å². The number of halogens is 2. The molecule has 1 aliphatic rings. The first-order chi connectivity index (χ1) is 11.9. The van der Waals surface area contributed by atoms with Crippen LogP contribution in [0.25, 0.3) is 11.3 Å². The lowest BCUT2D eigenvalue weighted by Gasteiger charge is -2.37. The van der Waals surface area contributed by atoms with Gasteiger partial charge in [-0.25, -0.2) is 8.78 Å². The molecular formula is C19H21F2N3O. The standard InChI is InChI=1S/C19H21F2N3O/c1-3-11-8-9-19(4-2,18(22)25)17-12(11)10-15(23-24-17)16-13(20)6-5-7-14(16)21/h5-7,10-11H,3-4,8-9H2,1-2H3,(H2,22,25)/t11-,19-/m0/s1. The minimum absolute atomic E-state index is 0.143. The number of hydrogen-bond donors (Lipinski definition) is 1. The number of hydrogen-bond acceptors (Lipinski definition) is 3. The average Bonchev–Trinajstić information content (AvgIpc) is 2.60. The Labute approximate surface area is 145 Å². The molecule has 0 saturated heterocycles. The molecule has 1 amide bonds. The van der Waals surface area contributed by atoms with Crippen molar-refractivity contribution >= 4 is 5.91 Å². The summed E-state index contributed by atoms with van der Waals surface area (Å²) in [4.78, 5) is 12.2. The highest BCUT2D eigenvalue weighted by Gasteiger charge is 2.45. The van der Waals surface area contributed by atoms with E-state index in [0.29, 0.717) is 18.5 Å². The second-order valence-corrected chi connectivity index (χ2v) is 6.57. The minimum Gasteiger partial charge on any atom is -0.369 e. The molecule has 0 radical (unpaired) electrons. The molecule has 0 unspecified atom stereocenters. The van der Waals surface area contributed by atoms with Gasteiger partial charge in [0.25, 0.3) is 0 Å². The number of nitrogens with zero attached hydrogens (tertiary/aromatic N) is 2. The van der Waals surface area contributed by atoms with Crippen molar-refractivity contribution in [3.63, 3.8) is 0 Å². The maximum atomic E-state index is 14.1. The van der Waals surface area contributed by atoms with Crippen LogP contribution in [0.3, 0.4) is 0 Å². The third kappa shape index (κ3) is 2.69. The smallest absolute Gasteiger partial charge is 0.229 e. The summed E-state index contributed by atoms with van der Waals surface area (Å²) >= 11 is 0. The van der Waals surface area contributed by atoms with Crippen molar-refractivity contribution in [1.29, 1.82) is 0 Å². The molecule has 3 rings (SSSR count). The first-order valence-electron chi connectivity index (χ1n) is 8.57. The van der Waals surface area contributed by atoms with E-state index in [4.69, 9.17) is 5.73 Å². The summed E-state index contributed by atoms with van der Waals surface area (Å²) in [5.41, 5.74) is 6.15. The Morgan fingerprint density at radius 3 is 2.52 bits per heavy atom. The number of fused-ring (bicyclic) bond motifs is 1. The Hall–Kier alpha value is -2.37. The van der Waals surface area contributed by atoms with E-state index >= 15 is 0 Å². The van der Waals surface area contributed by atoms with Gasteiger partial charge in [-0.15, -0.1) is 5.10 Å². The molecule has 0 bridgehead atoms. The molecule has 1 aromatic carbocycles. The van der Waals surface area contributed by atoms with Gasteiger partial charge in [-0.2, -0.15) is 5.10 Å². The third-order valence-electron chi connectivity index (χ3n) is 5.42. The number of benzene rings is 1. The molecule has 1 aliphatic carbocycles. The molecule has 0 fully saturated rings. The van der Waals surface area contributed by atoms with E-state index in [-0.39, 0.29) is 17.2 Å². The zero-order chi connectivity index (χ0) is 18.2. The van der Waals surface area contributed by atoms with E-state index in [2.05, 4.69) is 10.2 Å². The van der Waals surface area contributed by atoms with E-state index in [1.165, 1.54) is 18.2 Å². The second kappa shape index (κ2) is 6.50. The fourth-order valence-corrected chi connectivity index (χ4v) is 3.83. The third-order valence-corrected chi connectivity index (χ3v) is 5.42. The van der Waals surface area contributed by atoms with E-state index < -0.39 is 23.0 Å². The van der Waals surface area contributed by atoms with Crippen LogP contribution in [0.5, 0.6) is 0 Å². The lowest BCUT2D eigenvalue weighted by atomic mass is 9.66. The molecule has 25 heavy (non-hydrogen) atoms. The predicted octanol–water partition coefficient (Wildman–Crippen LogP) is 3.84. The van der Waals surface area contributed by atoms with Crippen molar-refractivity contribution in [2.45, 2.75) is 50.9 Å². The summed E-state index contributed by atoms with van der Waals surface area (Å²) in [7, 11) is 0. The van der Waals surface area contributed by atoms with Crippen LogP contribution in [0.1, 0.15) is 56.7 Å². The van der Waals surface area contributed by atoms with Crippen molar-refractivity contribution in [1.82, 2.24) is 10.2 Å². The van der Waals surface area contributed by atoms with E-state index in [1.54, 1.807) is 6.07 Å². The van der Waals surface area contributed by atoms with Crippen molar-refractivity contribution in [3.05, 3.63) is 47.2 Å². The normalized spacial score (nSPS) is 22.5. The van der Waals surface area contributed by atoms with Crippen LogP contribution in [0.4, 0.5) is 8.78 Å². The van der Waals surface area contributed by atoms with Crippen LogP contribution in [-0.2, 0) is 10.2 Å². The Morgan fingerprint density at radius 1 is 1.28 bits per heavy atom. The van der Waals surface area contributed by atoms with Crippen LogP contribution in [0.15, 0.2) is 24.3 Å². The Bertz CT molecular complexity index is 804. The molecule has 2 N–H and O–H groups in total. The van der Waals surface area contributed by atoms with Gasteiger partial charge in [0.2, 0.25) is 5.91 Å². The van der Waals surface area contributed by atoms with E-state index in [9.17, 15) is 13.6 Å². The van der Waals surface area contributed by atoms with E-state index in [1.807, 2.05) is 13.8 Å². The summed E-state index contributed by atoms with van der Waals surface area (Å²) in [6, 6.07) is 5.36. The lowest BCUT2D eigenvalue weighted by Crippen LogP contribution is -2.45. The molecule has 6 heteroatoms. The zero-order valence-electron chi connectivity index (χ0n) is 14.4. The number of primary amides is 1. The molecule has 132 valence electrons. The van der Waals surface area contributed by atoms with Crippen molar-refractivity contribution < 1.29 is 13.6 Å². The Kier molecular flexibility index (Phi) is 4.54. The second-order valence-electron chi connectivity index (χ2n) is 6.57. The predicted molar refractivity (Wildman–Crippen MR) is 90.8 cm³/mol. The van der Waals surface area contributed by atoms with Crippen LogP contribution >= 0.6 is 0 Å². The Morgan fingerprint density at radius 2 is 1.96 bits per heavy atom. The van der Waals surface area contributed by atoms with Crippen molar-refractivity contribution in [3.8, 4) is 11.3 Å². The molecule has 0 spiro atoms. The fraction of sp³-hybridized carbons (Fsp3) is 0.421. The highest BCUT2D eigenvalue weighted by Crippen LogP contribution is 2.45. The van der Waals surface area contributed by atoms with Gasteiger partial charge in [-0.05, 0) is 55.4 Å². The van der Waals surface area contributed by atoms with E-state index in [0.717, 1.165) is 18.4 Å². The molecular weight excluding hydrogens is 324 g/mol. The molecule has 2 atom stereocenters.